The highest BCUT2D eigenvalue weighted by Crippen LogP contribution is 2.00. The Kier molecular flexibility index (Phi) is 7.21. The van der Waals surface area contributed by atoms with E-state index < -0.39 is 0 Å². The third-order valence-electron chi connectivity index (χ3n) is 2.50. The van der Waals surface area contributed by atoms with Crippen LogP contribution in [0.4, 0.5) is 0 Å². The summed E-state index contributed by atoms with van der Waals surface area (Å²) in [6, 6.07) is 0. The molecule has 1 atom stereocenters. The number of amides is 1. The Hall–Kier alpha value is -1.36. The van der Waals surface area contributed by atoms with Crippen molar-refractivity contribution in [3.05, 3.63) is 11.6 Å². The zero-order valence-electron chi connectivity index (χ0n) is 11.2. The number of nitrogens with one attached hydrogen (secondary N) is 1. The van der Waals surface area contributed by atoms with Gasteiger partial charge in [0.05, 0.1) is 7.11 Å². The van der Waals surface area contributed by atoms with Crippen LogP contribution in [0.2, 0.25) is 0 Å². The molecule has 1 unspecified atom stereocenters. The molecule has 17 heavy (non-hydrogen) atoms. The minimum Gasteiger partial charge on any atom is -0.466 e. The second-order valence-electron chi connectivity index (χ2n) is 4.12. The predicted octanol–water partition coefficient (Wildman–Crippen LogP) is 0.420. The lowest BCUT2D eigenvalue weighted by Gasteiger charge is -2.18. The fraction of sp³-hybridized carbons (Fsp3) is 0.667. The average molecular weight is 242 g/mol. The minimum atomic E-state index is -0.322. The summed E-state index contributed by atoms with van der Waals surface area (Å²) >= 11 is 0. The van der Waals surface area contributed by atoms with E-state index in [0.717, 1.165) is 0 Å². The van der Waals surface area contributed by atoms with Gasteiger partial charge >= 0.3 is 5.97 Å². The molecule has 98 valence electrons. The van der Waals surface area contributed by atoms with Crippen LogP contribution >= 0.6 is 0 Å². The van der Waals surface area contributed by atoms with E-state index in [1.54, 1.807) is 20.0 Å². The van der Waals surface area contributed by atoms with Crippen molar-refractivity contribution in [3.8, 4) is 0 Å². The number of carbonyl (C=O) groups excluding carboxylic acids is 2. The maximum absolute atomic E-state index is 11.3. The van der Waals surface area contributed by atoms with Crippen LogP contribution in [0.15, 0.2) is 11.6 Å². The normalized spacial score (nSPS) is 13.4. The van der Waals surface area contributed by atoms with Crippen molar-refractivity contribution >= 4 is 11.9 Å². The van der Waals surface area contributed by atoms with Crippen molar-refractivity contribution < 1.29 is 14.3 Å². The first-order chi connectivity index (χ1) is 7.92. The van der Waals surface area contributed by atoms with Gasteiger partial charge < -0.3 is 15.0 Å². The SMILES string of the molecule is CNC(=O)C(C)CN(C)C/C=C(/C)C(=O)OC. The molecule has 0 aliphatic carbocycles. The molecule has 0 bridgehead atoms. The molecule has 0 rings (SSSR count). The summed E-state index contributed by atoms with van der Waals surface area (Å²) in [7, 11) is 4.89. The molecule has 0 aromatic heterocycles. The number of carbonyl (C=O) groups is 2. The molecule has 1 amide bonds. The summed E-state index contributed by atoms with van der Waals surface area (Å²) in [5.74, 6) is -0.375. The number of nitrogens with zero attached hydrogens (tertiary/aromatic N) is 1. The van der Waals surface area contributed by atoms with E-state index in [-0.39, 0.29) is 17.8 Å². The first-order valence-corrected chi connectivity index (χ1v) is 5.57. The molecule has 0 fully saturated rings. The second kappa shape index (κ2) is 7.84. The summed E-state index contributed by atoms with van der Waals surface area (Å²) in [6.07, 6.45) is 1.79. The van der Waals surface area contributed by atoms with Crippen molar-refractivity contribution in [2.75, 3.05) is 34.3 Å². The molecule has 0 heterocycles. The van der Waals surface area contributed by atoms with Crippen molar-refractivity contribution in [2.45, 2.75) is 13.8 Å². The number of methoxy groups -OCH3 is 1. The summed E-state index contributed by atoms with van der Waals surface area (Å²) in [5.41, 5.74) is 0.576. The van der Waals surface area contributed by atoms with Crippen molar-refractivity contribution in [1.29, 1.82) is 0 Å². The van der Waals surface area contributed by atoms with Crippen LogP contribution in [0.3, 0.4) is 0 Å². The Morgan fingerprint density at radius 2 is 2.06 bits per heavy atom. The lowest BCUT2D eigenvalue weighted by molar-refractivity contribution is -0.136. The van der Waals surface area contributed by atoms with Gasteiger partial charge in [0.25, 0.3) is 0 Å². The van der Waals surface area contributed by atoms with Crippen LogP contribution in [0, 0.1) is 5.92 Å². The largest absolute Gasteiger partial charge is 0.466 e. The average Bonchev–Trinajstić information content (AvgIpc) is 2.33. The highest BCUT2D eigenvalue weighted by Gasteiger charge is 2.13. The Labute approximate surface area is 103 Å². The molecule has 0 saturated carbocycles. The third kappa shape index (κ3) is 6.06. The lowest BCUT2D eigenvalue weighted by atomic mass is 10.1. The predicted molar refractivity (Wildman–Crippen MR) is 66.5 cm³/mol. The molecule has 5 nitrogen and oxygen atoms in total. The molecule has 0 aliphatic rings. The van der Waals surface area contributed by atoms with E-state index in [2.05, 4.69) is 10.1 Å². The Morgan fingerprint density at radius 1 is 1.47 bits per heavy atom. The van der Waals surface area contributed by atoms with Gasteiger partial charge in [0.1, 0.15) is 0 Å². The molecule has 0 aliphatic heterocycles. The van der Waals surface area contributed by atoms with Gasteiger partial charge in [-0.15, -0.1) is 0 Å². The van der Waals surface area contributed by atoms with Crippen LogP contribution in [-0.2, 0) is 14.3 Å². The fourth-order valence-corrected chi connectivity index (χ4v) is 1.41. The van der Waals surface area contributed by atoms with E-state index in [0.29, 0.717) is 18.7 Å². The number of hydrogen-bond acceptors (Lipinski definition) is 4. The van der Waals surface area contributed by atoms with Gasteiger partial charge in [0, 0.05) is 31.6 Å². The molecule has 0 radical (unpaired) electrons. The van der Waals surface area contributed by atoms with Gasteiger partial charge in [-0.1, -0.05) is 13.0 Å². The molecule has 0 aromatic rings. The van der Waals surface area contributed by atoms with Gasteiger partial charge in [-0.2, -0.15) is 0 Å². The maximum atomic E-state index is 11.3. The van der Waals surface area contributed by atoms with E-state index in [9.17, 15) is 9.59 Å². The fourth-order valence-electron chi connectivity index (χ4n) is 1.41. The maximum Gasteiger partial charge on any atom is 0.333 e. The number of rotatable bonds is 6. The molecular formula is C12H22N2O3. The molecule has 0 saturated heterocycles. The topological polar surface area (TPSA) is 58.6 Å². The zero-order chi connectivity index (χ0) is 13.4. The summed E-state index contributed by atoms with van der Waals surface area (Å²) in [5, 5.41) is 2.61. The Balaban J connectivity index is 4.15. The molecule has 5 heteroatoms. The number of hydrogen-bond donors (Lipinski definition) is 1. The van der Waals surface area contributed by atoms with Crippen LogP contribution in [0.1, 0.15) is 13.8 Å². The van der Waals surface area contributed by atoms with E-state index in [4.69, 9.17) is 0 Å². The molecular weight excluding hydrogens is 220 g/mol. The highest BCUT2D eigenvalue weighted by atomic mass is 16.5. The van der Waals surface area contributed by atoms with E-state index >= 15 is 0 Å². The second-order valence-corrected chi connectivity index (χ2v) is 4.12. The van der Waals surface area contributed by atoms with Gasteiger partial charge in [-0.25, -0.2) is 4.79 Å². The van der Waals surface area contributed by atoms with Crippen molar-refractivity contribution in [3.63, 3.8) is 0 Å². The van der Waals surface area contributed by atoms with Crippen LogP contribution in [0.25, 0.3) is 0 Å². The smallest absolute Gasteiger partial charge is 0.333 e. The number of ether oxygens (including phenoxy) is 1. The summed E-state index contributed by atoms with van der Waals surface area (Å²) in [6.45, 7) is 4.83. The van der Waals surface area contributed by atoms with Gasteiger partial charge in [0.2, 0.25) is 5.91 Å². The first kappa shape index (κ1) is 15.6. The minimum absolute atomic E-state index is 0.0190. The highest BCUT2D eigenvalue weighted by molar-refractivity contribution is 5.87. The molecule has 0 aromatic carbocycles. The van der Waals surface area contributed by atoms with E-state index in [1.807, 2.05) is 18.9 Å². The summed E-state index contributed by atoms with van der Waals surface area (Å²) in [4.78, 5) is 24.4. The van der Waals surface area contributed by atoms with Gasteiger partial charge in [0.15, 0.2) is 0 Å². The zero-order valence-corrected chi connectivity index (χ0v) is 11.2. The quantitative estimate of drug-likeness (QED) is 0.542. The monoisotopic (exact) mass is 242 g/mol. The van der Waals surface area contributed by atoms with Crippen molar-refractivity contribution in [1.82, 2.24) is 10.2 Å². The third-order valence-corrected chi connectivity index (χ3v) is 2.50. The first-order valence-electron chi connectivity index (χ1n) is 5.57. The van der Waals surface area contributed by atoms with Crippen LogP contribution < -0.4 is 5.32 Å². The van der Waals surface area contributed by atoms with E-state index in [1.165, 1.54) is 7.11 Å². The standard InChI is InChI=1S/C12H22N2O3/c1-9(12(16)17-5)6-7-14(4)8-10(2)11(15)13-3/h6,10H,7-8H2,1-5H3,(H,13,15)/b9-6-. The Morgan fingerprint density at radius 3 is 2.53 bits per heavy atom. The number of esters is 1. The lowest BCUT2D eigenvalue weighted by Crippen LogP contribution is -2.34. The van der Waals surface area contributed by atoms with Crippen LogP contribution in [-0.4, -0.2) is 51.1 Å². The van der Waals surface area contributed by atoms with Crippen LogP contribution in [0.5, 0.6) is 0 Å². The van der Waals surface area contributed by atoms with Crippen molar-refractivity contribution in [2.24, 2.45) is 5.92 Å². The van der Waals surface area contributed by atoms with Gasteiger partial charge in [-0.3, -0.25) is 4.79 Å². The van der Waals surface area contributed by atoms with Gasteiger partial charge in [-0.05, 0) is 14.0 Å². The number of likely N-dealkylation sites (N-methyl/N-ethyl adjacent to an activating group) is 1. The summed E-state index contributed by atoms with van der Waals surface area (Å²) < 4.78 is 4.59. The Bertz CT molecular complexity index is 300. The molecule has 1 N–H and O–H groups in total. The molecule has 0 spiro atoms.